The normalized spacial score (nSPS) is 24.2. The summed E-state index contributed by atoms with van der Waals surface area (Å²) in [5, 5.41) is 2.46. The van der Waals surface area contributed by atoms with E-state index in [1.807, 2.05) is 0 Å². The number of nitroso groups, excluding NO2 is 1. The second-order valence-corrected chi connectivity index (χ2v) is 4.50. The minimum Gasteiger partial charge on any atom is -0.205 e. The minimum absolute atomic E-state index is 0.0543. The zero-order chi connectivity index (χ0) is 8.32. The van der Waals surface area contributed by atoms with E-state index in [4.69, 9.17) is 0 Å². The van der Waals surface area contributed by atoms with Crippen molar-refractivity contribution in [2.45, 2.75) is 19.3 Å². The molecule has 0 spiro atoms. The molecule has 5 nitrogen and oxygen atoms in total. The summed E-state index contributed by atoms with van der Waals surface area (Å²) in [5.41, 5.74) is 0. The predicted molar refractivity (Wildman–Crippen MR) is 40.1 cm³/mol. The molecule has 11 heavy (non-hydrogen) atoms. The van der Waals surface area contributed by atoms with Gasteiger partial charge in [-0.25, -0.2) is 8.42 Å². The van der Waals surface area contributed by atoms with Crippen molar-refractivity contribution in [3.63, 3.8) is 0 Å². The van der Waals surface area contributed by atoms with Crippen LogP contribution in [-0.4, -0.2) is 25.1 Å². The van der Waals surface area contributed by atoms with Crippen LogP contribution in [0.15, 0.2) is 5.29 Å². The van der Waals surface area contributed by atoms with Gasteiger partial charge in [0, 0.05) is 0 Å². The Labute approximate surface area is 65.4 Å². The molecule has 1 aliphatic rings. The standard InChI is InChI=1S/C5H10N2O3S/c8-6-7-4-2-1-3-5-11(7,9)10/h1-5H2. The molecule has 1 heterocycles. The quantitative estimate of drug-likeness (QED) is 0.548. The van der Waals surface area contributed by atoms with Crippen molar-refractivity contribution in [1.82, 2.24) is 4.41 Å². The van der Waals surface area contributed by atoms with Crippen LogP contribution in [0, 0.1) is 4.91 Å². The van der Waals surface area contributed by atoms with E-state index in [1.165, 1.54) is 0 Å². The fourth-order valence-electron chi connectivity index (χ4n) is 1.04. The summed E-state index contributed by atoms with van der Waals surface area (Å²) in [6.07, 6.45) is 2.21. The number of nitrogens with zero attached hydrogens (tertiary/aromatic N) is 2. The summed E-state index contributed by atoms with van der Waals surface area (Å²) in [4.78, 5) is 10.0. The molecule has 0 aromatic heterocycles. The lowest BCUT2D eigenvalue weighted by Gasteiger charge is -2.10. The lowest BCUT2D eigenvalue weighted by Crippen LogP contribution is -2.26. The summed E-state index contributed by atoms with van der Waals surface area (Å²) >= 11 is 0. The Balaban J connectivity index is 2.80. The van der Waals surface area contributed by atoms with Gasteiger partial charge in [-0.15, -0.1) is 4.91 Å². The molecule has 0 radical (unpaired) electrons. The predicted octanol–water partition coefficient (Wildman–Crippen LogP) is 0.484. The molecule has 0 aromatic carbocycles. The lowest BCUT2D eigenvalue weighted by atomic mass is 10.2. The molecule has 1 fully saturated rings. The topological polar surface area (TPSA) is 66.8 Å². The van der Waals surface area contributed by atoms with E-state index in [-0.39, 0.29) is 12.3 Å². The molecule has 0 aliphatic carbocycles. The van der Waals surface area contributed by atoms with Gasteiger partial charge in [0.1, 0.15) is 0 Å². The Morgan fingerprint density at radius 3 is 2.55 bits per heavy atom. The zero-order valence-corrected chi connectivity index (χ0v) is 6.88. The number of hydrogen-bond acceptors (Lipinski definition) is 4. The van der Waals surface area contributed by atoms with Gasteiger partial charge in [0.15, 0.2) is 0 Å². The number of hydrogen-bond donors (Lipinski definition) is 0. The smallest absolute Gasteiger partial charge is 0.205 e. The minimum atomic E-state index is -3.36. The van der Waals surface area contributed by atoms with Crippen LogP contribution in [0.4, 0.5) is 0 Å². The summed E-state index contributed by atoms with van der Waals surface area (Å²) in [5.74, 6) is 0.0543. The van der Waals surface area contributed by atoms with Gasteiger partial charge in [-0.3, -0.25) is 0 Å². The van der Waals surface area contributed by atoms with Crippen LogP contribution in [0.25, 0.3) is 0 Å². The highest BCUT2D eigenvalue weighted by atomic mass is 32.2. The van der Waals surface area contributed by atoms with Gasteiger partial charge in [-0.1, -0.05) is 6.42 Å². The SMILES string of the molecule is O=NN1CCCCCS1(=O)=O. The monoisotopic (exact) mass is 178 g/mol. The fourth-order valence-corrected chi connectivity index (χ4v) is 2.33. The molecule has 0 atom stereocenters. The van der Waals surface area contributed by atoms with Gasteiger partial charge in [0.25, 0.3) is 10.0 Å². The molecular formula is C5H10N2O3S. The molecule has 1 aliphatic heterocycles. The van der Waals surface area contributed by atoms with Gasteiger partial charge in [0.05, 0.1) is 17.6 Å². The van der Waals surface area contributed by atoms with Gasteiger partial charge < -0.3 is 0 Å². The molecule has 0 unspecified atom stereocenters. The molecule has 0 bridgehead atoms. The fraction of sp³-hybridized carbons (Fsp3) is 1.00. The summed E-state index contributed by atoms with van der Waals surface area (Å²) in [6, 6.07) is 0. The summed E-state index contributed by atoms with van der Waals surface area (Å²) in [6.45, 7) is 0.242. The molecule has 0 aromatic rings. The van der Waals surface area contributed by atoms with Crippen LogP contribution in [-0.2, 0) is 10.0 Å². The maximum absolute atomic E-state index is 11.1. The van der Waals surface area contributed by atoms with E-state index in [2.05, 4.69) is 5.29 Å². The third-order valence-corrected chi connectivity index (χ3v) is 3.36. The largest absolute Gasteiger partial charge is 0.252 e. The Morgan fingerprint density at radius 2 is 1.91 bits per heavy atom. The van der Waals surface area contributed by atoms with Crippen molar-refractivity contribution in [2.24, 2.45) is 5.29 Å². The first-order chi connectivity index (χ1) is 5.17. The number of rotatable bonds is 1. The first kappa shape index (κ1) is 8.45. The van der Waals surface area contributed by atoms with Crippen LogP contribution in [0.1, 0.15) is 19.3 Å². The average Bonchev–Trinajstić information content (AvgIpc) is 2.10. The van der Waals surface area contributed by atoms with Crippen LogP contribution in [0.2, 0.25) is 0 Å². The lowest BCUT2D eigenvalue weighted by molar-refractivity contribution is 0.428. The number of sulfonamides is 1. The highest BCUT2D eigenvalue weighted by Gasteiger charge is 2.23. The van der Waals surface area contributed by atoms with E-state index in [0.29, 0.717) is 10.8 Å². The van der Waals surface area contributed by atoms with E-state index >= 15 is 0 Å². The van der Waals surface area contributed by atoms with Crippen LogP contribution in [0.5, 0.6) is 0 Å². The molecule has 64 valence electrons. The Bertz CT molecular complexity index is 236. The van der Waals surface area contributed by atoms with E-state index in [9.17, 15) is 13.3 Å². The van der Waals surface area contributed by atoms with Gasteiger partial charge in [0.2, 0.25) is 0 Å². The van der Waals surface area contributed by atoms with Crippen molar-refractivity contribution >= 4 is 10.0 Å². The molecule has 0 saturated carbocycles. The van der Waals surface area contributed by atoms with E-state index < -0.39 is 10.0 Å². The summed E-state index contributed by atoms with van der Waals surface area (Å²) < 4.78 is 22.8. The second kappa shape index (κ2) is 3.17. The Kier molecular flexibility index (Phi) is 2.43. The van der Waals surface area contributed by atoms with Crippen LogP contribution in [0.3, 0.4) is 0 Å². The molecular weight excluding hydrogens is 168 g/mol. The first-order valence-electron chi connectivity index (χ1n) is 3.50. The van der Waals surface area contributed by atoms with E-state index in [0.717, 1.165) is 12.8 Å². The summed E-state index contributed by atoms with van der Waals surface area (Å²) in [7, 11) is -3.36. The molecule has 0 amide bonds. The third-order valence-electron chi connectivity index (χ3n) is 1.66. The van der Waals surface area contributed by atoms with Crippen molar-refractivity contribution < 1.29 is 8.42 Å². The molecule has 6 heteroatoms. The highest BCUT2D eigenvalue weighted by Crippen LogP contribution is 2.13. The average molecular weight is 178 g/mol. The maximum atomic E-state index is 11.1. The van der Waals surface area contributed by atoms with Crippen molar-refractivity contribution in [2.75, 3.05) is 12.3 Å². The zero-order valence-electron chi connectivity index (χ0n) is 6.06. The Hall–Kier alpha value is -0.650. The van der Waals surface area contributed by atoms with Gasteiger partial charge >= 0.3 is 0 Å². The second-order valence-electron chi connectivity index (χ2n) is 2.50. The molecule has 0 N–H and O–H groups in total. The van der Waals surface area contributed by atoms with Crippen molar-refractivity contribution in [3.8, 4) is 0 Å². The maximum Gasteiger partial charge on any atom is 0.252 e. The highest BCUT2D eigenvalue weighted by molar-refractivity contribution is 7.89. The van der Waals surface area contributed by atoms with Gasteiger partial charge in [-0.05, 0) is 12.8 Å². The van der Waals surface area contributed by atoms with Gasteiger partial charge in [-0.2, -0.15) is 4.41 Å². The third kappa shape index (κ3) is 1.89. The van der Waals surface area contributed by atoms with Crippen molar-refractivity contribution in [1.29, 1.82) is 0 Å². The van der Waals surface area contributed by atoms with Crippen LogP contribution >= 0.6 is 0 Å². The first-order valence-corrected chi connectivity index (χ1v) is 5.11. The molecule has 1 saturated heterocycles. The Morgan fingerprint density at radius 1 is 1.18 bits per heavy atom. The van der Waals surface area contributed by atoms with E-state index in [1.54, 1.807) is 0 Å². The van der Waals surface area contributed by atoms with Crippen molar-refractivity contribution in [3.05, 3.63) is 4.91 Å². The van der Waals surface area contributed by atoms with Crippen LogP contribution < -0.4 is 0 Å². The molecule has 1 rings (SSSR count).